The molecule has 1 rings (SSSR count). The van der Waals surface area contributed by atoms with Gasteiger partial charge in [0.1, 0.15) is 5.82 Å². The van der Waals surface area contributed by atoms with Gasteiger partial charge in [-0.25, -0.2) is 4.39 Å². The van der Waals surface area contributed by atoms with Crippen LogP contribution >= 0.6 is 11.6 Å². The summed E-state index contributed by atoms with van der Waals surface area (Å²) in [5, 5.41) is 0.372. The largest absolute Gasteiger partial charge is 0.351 e. The molecule has 0 heterocycles. The lowest BCUT2D eigenvalue weighted by molar-refractivity contribution is -0.148. The van der Waals surface area contributed by atoms with Crippen molar-refractivity contribution in [2.45, 2.75) is 32.6 Å². The van der Waals surface area contributed by atoms with Gasteiger partial charge >= 0.3 is 0 Å². The number of benzene rings is 1. The highest BCUT2D eigenvalue weighted by Gasteiger charge is 2.19. The molecule has 0 saturated carbocycles. The number of rotatable bonds is 7. The second kappa shape index (κ2) is 7.69. The normalized spacial score (nSPS) is 13.0. The number of nitrogens with two attached hydrogens (primary N) is 1. The van der Waals surface area contributed by atoms with Gasteiger partial charge in [-0.2, -0.15) is 0 Å². The van der Waals surface area contributed by atoms with Gasteiger partial charge in [-0.15, -0.1) is 0 Å². The lowest BCUT2D eigenvalue weighted by Gasteiger charge is -2.23. The summed E-state index contributed by atoms with van der Waals surface area (Å²) in [6, 6.07) is 3.93. The Morgan fingerprint density at radius 3 is 2.39 bits per heavy atom. The summed E-state index contributed by atoms with van der Waals surface area (Å²) in [6.07, 6.45) is 0.00479. The van der Waals surface area contributed by atoms with Crippen LogP contribution in [0.5, 0.6) is 0 Å². The van der Waals surface area contributed by atoms with Crippen LogP contribution in [0.1, 0.15) is 19.4 Å². The summed E-state index contributed by atoms with van der Waals surface area (Å²) in [6.45, 7) is 4.80. The molecular weight excluding hydrogens is 257 g/mol. The summed E-state index contributed by atoms with van der Waals surface area (Å²) in [4.78, 5) is 0. The first kappa shape index (κ1) is 15.4. The van der Waals surface area contributed by atoms with E-state index in [0.29, 0.717) is 24.7 Å². The third-order valence-electron chi connectivity index (χ3n) is 2.48. The van der Waals surface area contributed by atoms with Crippen molar-refractivity contribution >= 4 is 11.6 Å². The molecule has 0 aliphatic carbocycles. The van der Waals surface area contributed by atoms with Gasteiger partial charge in [-0.1, -0.05) is 17.7 Å². The van der Waals surface area contributed by atoms with Crippen LogP contribution < -0.4 is 5.73 Å². The second-order valence-electron chi connectivity index (χ2n) is 3.88. The van der Waals surface area contributed by atoms with Crippen LogP contribution in [-0.2, 0) is 15.9 Å². The van der Waals surface area contributed by atoms with E-state index in [1.54, 1.807) is 6.07 Å². The highest BCUT2D eigenvalue weighted by molar-refractivity contribution is 6.31. The fourth-order valence-electron chi connectivity index (χ4n) is 1.66. The minimum absolute atomic E-state index is 0.340. The van der Waals surface area contributed by atoms with Crippen LogP contribution in [-0.4, -0.2) is 25.5 Å². The van der Waals surface area contributed by atoms with Crippen LogP contribution in [0.4, 0.5) is 4.39 Å². The predicted molar refractivity (Wildman–Crippen MR) is 70.1 cm³/mol. The fraction of sp³-hybridized carbons (Fsp3) is 0.538. The molecule has 0 spiro atoms. The molecule has 1 aromatic carbocycles. The Hall–Kier alpha value is -0.680. The Kier molecular flexibility index (Phi) is 6.57. The highest BCUT2D eigenvalue weighted by Crippen LogP contribution is 2.19. The number of ether oxygens (including phenoxy) is 2. The molecule has 1 unspecified atom stereocenters. The van der Waals surface area contributed by atoms with Crippen LogP contribution in [0.25, 0.3) is 0 Å². The smallest absolute Gasteiger partial charge is 0.172 e. The van der Waals surface area contributed by atoms with Crippen LogP contribution in [0.3, 0.4) is 0 Å². The minimum atomic E-state index is -0.471. The van der Waals surface area contributed by atoms with Gasteiger partial charge in [0.25, 0.3) is 0 Å². The number of hydrogen-bond acceptors (Lipinski definition) is 3. The van der Waals surface area contributed by atoms with E-state index in [9.17, 15) is 4.39 Å². The average Bonchev–Trinajstić information content (AvgIpc) is 2.32. The van der Waals surface area contributed by atoms with Crippen LogP contribution in [0, 0.1) is 5.82 Å². The molecule has 18 heavy (non-hydrogen) atoms. The molecule has 0 bridgehead atoms. The van der Waals surface area contributed by atoms with Crippen molar-refractivity contribution in [1.82, 2.24) is 0 Å². The summed E-state index contributed by atoms with van der Waals surface area (Å²) >= 11 is 5.96. The third-order valence-corrected chi connectivity index (χ3v) is 2.83. The van der Waals surface area contributed by atoms with Crippen molar-refractivity contribution in [1.29, 1.82) is 0 Å². The van der Waals surface area contributed by atoms with Gasteiger partial charge in [0.2, 0.25) is 0 Å². The molecule has 1 aromatic rings. The van der Waals surface area contributed by atoms with Gasteiger partial charge in [0.05, 0.1) is 6.04 Å². The first-order valence-corrected chi connectivity index (χ1v) is 6.39. The Labute approximate surface area is 112 Å². The SMILES string of the molecule is CCOC(OCC)C(N)Cc1ccc(F)cc1Cl. The molecular formula is C13H19ClFNO2. The quantitative estimate of drug-likeness (QED) is 0.778. The van der Waals surface area contributed by atoms with Crippen molar-refractivity contribution in [3.63, 3.8) is 0 Å². The monoisotopic (exact) mass is 275 g/mol. The summed E-state index contributed by atoms with van der Waals surface area (Å²) in [7, 11) is 0. The molecule has 0 aromatic heterocycles. The van der Waals surface area contributed by atoms with E-state index in [1.165, 1.54) is 12.1 Å². The highest BCUT2D eigenvalue weighted by atomic mass is 35.5. The Morgan fingerprint density at radius 2 is 1.89 bits per heavy atom. The lowest BCUT2D eigenvalue weighted by Crippen LogP contribution is -2.40. The molecule has 1 atom stereocenters. The summed E-state index contributed by atoms with van der Waals surface area (Å²) in [5.74, 6) is -0.358. The van der Waals surface area contributed by atoms with Crippen LogP contribution in [0.15, 0.2) is 18.2 Å². The molecule has 0 fully saturated rings. The Bertz CT molecular complexity index is 370. The number of hydrogen-bond donors (Lipinski definition) is 1. The van der Waals surface area contributed by atoms with Gasteiger partial charge in [0, 0.05) is 18.2 Å². The summed E-state index contributed by atoms with van der Waals surface area (Å²) < 4.78 is 23.8. The molecule has 2 N–H and O–H groups in total. The maximum absolute atomic E-state index is 12.9. The zero-order chi connectivity index (χ0) is 13.5. The average molecular weight is 276 g/mol. The van der Waals surface area contributed by atoms with E-state index in [2.05, 4.69) is 0 Å². The first-order valence-electron chi connectivity index (χ1n) is 6.01. The Morgan fingerprint density at radius 1 is 1.28 bits per heavy atom. The zero-order valence-corrected chi connectivity index (χ0v) is 11.4. The fourth-order valence-corrected chi connectivity index (χ4v) is 1.91. The van der Waals surface area contributed by atoms with E-state index < -0.39 is 6.29 Å². The van der Waals surface area contributed by atoms with E-state index in [1.807, 2.05) is 13.8 Å². The van der Waals surface area contributed by atoms with Gasteiger partial charge in [-0.3, -0.25) is 0 Å². The molecule has 0 aliphatic rings. The lowest BCUT2D eigenvalue weighted by atomic mass is 10.1. The van der Waals surface area contributed by atoms with Gasteiger partial charge in [-0.05, 0) is 38.0 Å². The van der Waals surface area contributed by atoms with Gasteiger partial charge < -0.3 is 15.2 Å². The van der Waals surface area contributed by atoms with E-state index >= 15 is 0 Å². The molecule has 0 radical (unpaired) electrons. The van der Waals surface area contributed by atoms with Gasteiger partial charge in [0.15, 0.2) is 6.29 Å². The van der Waals surface area contributed by atoms with E-state index in [-0.39, 0.29) is 11.9 Å². The van der Waals surface area contributed by atoms with Crippen LogP contribution in [0.2, 0.25) is 5.02 Å². The zero-order valence-electron chi connectivity index (χ0n) is 10.7. The van der Waals surface area contributed by atoms with Crippen molar-refractivity contribution in [2.24, 2.45) is 5.73 Å². The van der Waals surface area contributed by atoms with Crippen molar-refractivity contribution in [3.05, 3.63) is 34.6 Å². The Balaban J connectivity index is 2.69. The summed E-state index contributed by atoms with van der Waals surface area (Å²) in [5.41, 5.74) is 6.81. The third kappa shape index (κ3) is 4.53. The molecule has 0 amide bonds. The number of halogens is 2. The van der Waals surface area contributed by atoms with E-state index in [4.69, 9.17) is 26.8 Å². The molecule has 0 saturated heterocycles. The second-order valence-corrected chi connectivity index (χ2v) is 4.29. The first-order chi connectivity index (χ1) is 8.58. The topological polar surface area (TPSA) is 44.5 Å². The van der Waals surface area contributed by atoms with Crippen molar-refractivity contribution in [2.75, 3.05) is 13.2 Å². The maximum atomic E-state index is 12.9. The van der Waals surface area contributed by atoms with Crippen molar-refractivity contribution < 1.29 is 13.9 Å². The van der Waals surface area contributed by atoms with E-state index in [0.717, 1.165) is 5.56 Å². The molecule has 3 nitrogen and oxygen atoms in total. The molecule has 102 valence electrons. The molecule has 5 heteroatoms. The maximum Gasteiger partial charge on any atom is 0.172 e. The minimum Gasteiger partial charge on any atom is -0.351 e. The van der Waals surface area contributed by atoms with Crippen molar-refractivity contribution in [3.8, 4) is 0 Å². The molecule has 0 aliphatic heterocycles. The standard InChI is InChI=1S/C13H19ClFNO2/c1-3-17-13(18-4-2)12(16)7-9-5-6-10(15)8-11(9)14/h5-6,8,12-13H,3-4,7,16H2,1-2H3. The predicted octanol–water partition coefficient (Wildman–Crippen LogP) is 2.75.